The zero-order valence-electron chi connectivity index (χ0n) is 9.97. The molecule has 0 bridgehead atoms. The molecule has 0 aliphatic heterocycles. The fraction of sp³-hybridized carbons (Fsp3) is 0.250. The summed E-state index contributed by atoms with van der Waals surface area (Å²) in [6.45, 7) is 0. The lowest BCUT2D eigenvalue weighted by Crippen LogP contribution is -2.11. The Bertz CT molecular complexity index is 528. The number of halogens is 6. The first kappa shape index (κ1) is 16.1. The van der Waals surface area contributed by atoms with Gasteiger partial charge in [-0.25, -0.2) is 4.79 Å². The largest absolute Gasteiger partial charge is 0.466 e. The van der Waals surface area contributed by atoms with Crippen LogP contribution in [0.25, 0.3) is 6.08 Å². The first-order valence-corrected chi connectivity index (χ1v) is 5.10. The van der Waals surface area contributed by atoms with E-state index in [1.54, 1.807) is 0 Å². The zero-order valence-corrected chi connectivity index (χ0v) is 9.97. The molecule has 0 heterocycles. The summed E-state index contributed by atoms with van der Waals surface area (Å²) in [5.74, 6) is -0.976. The van der Waals surface area contributed by atoms with E-state index in [2.05, 4.69) is 4.74 Å². The Kier molecular flexibility index (Phi) is 4.46. The number of carbonyl (C=O) groups excluding carboxylic acids is 1. The van der Waals surface area contributed by atoms with E-state index >= 15 is 0 Å². The molecule has 0 saturated carbocycles. The molecule has 0 N–H and O–H groups in total. The minimum absolute atomic E-state index is 0.319. The van der Waals surface area contributed by atoms with Crippen LogP contribution in [0.15, 0.2) is 24.3 Å². The van der Waals surface area contributed by atoms with Crippen molar-refractivity contribution in [3.8, 4) is 0 Å². The number of methoxy groups -OCH3 is 1. The highest BCUT2D eigenvalue weighted by Crippen LogP contribution is 2.36. The highest BCUT2D eigenvalue weighted by atomic mass is 19.4. The Morgan fingerprint density at radius 3 is 2.15 bits per heavy atom. The molecule has 0 radical (unpaired) electrons. The highest BCUT2D eigenvalue weighted by Gasteiger charge is 2.36. The molecule has 0 fully saturated rings. The third-order valence-corrected chi connectivity index (χ3v) is 2.28. The summed E-state index contributed by atoms with van der Waals surface area (Å²) in [7, 11) is 0.990. The second-order valence-electron chi connectivity index (χ2n) is 3.65. The van der Waals surface area contributed by atoms with Gasteiger partial charge >= 0.3 is 18.3 Å². The van der Waals surface area contributed by atoms with Crippen molar-refractivity contribution in [2.45, 2.75) is 12.4 Å². The van der Waals surface area contributed by atoms with E-state index in [1.165, 1.54) is 0 Å². The van der Waals surface area contributed by atoms with Gasteiger partial charge in [0, 0.05) is 6.08 Å². The van der Waals surface area contributed by atoms with Gasteiger partial charge in [-0.1, -0.05) is 0 Å². The van der Waals surface area contributed by atoms with Gasteiger partial charge in [-0.05, 0) is 29.8 Å². The lowest BCUT2D eigenvalue weighted by atomic mass is 10.0. The van der Waals surface area contributed by atoms with Gasteiger partial charge in [-0.2, -0.15) is 26.3 Å². The number of rotatable bonds is 2. The third kappa shape index (κ3) is 4.01. The Hall–Kier alpha value is -1.99. The van der Waals surface area contributed by atoms with Crippen LogP contribution in [0.2, 0.25) is 0 Å². The number of alkyl halides is 6. The van der Waals surface area contributed by atoms with Gasteiger partial charge in [0.15, 0.2) is 0 Å². The summed E-state index contributed by atoms with van der Waals surface area (Å²) in [5, 5.41) is 0. The van der Waals surface area contributed by atoms with Gasteiger partial charge in [0.05, 0.1) is 18.2 Å². The smallest absolute Gasteiger partial charge is 0.416 e. The van der Waals surface area contributed by atoms with E-state index in [1.807, 2.05) is 0 Å². The Morgan fingerprint density at radius 2 is 1.70 bits per heavy atom. The van der Waals surface area contributed by atoms with Crippen molar-refractivity contribution in [2.24, 2.45) is 0 Å². The number of hydrogen-bond acceptors (Lipinski definition) is 2. The molecule has 1 aromatic rings. The Labute approximate surface area is 109 Å². The molecule has 2 nitrogen and oxygen atoms in total. The predicted octanol–water partition coefficient (Wildman–Crippen LogP) is 3.91. The molecule has 8 heteroatoms. The summed E-state index contributed by atoms with van der Waals surface area (Å²) in [4.78, 5) is 10.8. The van der Waals surface area contributed by atoms with Crippen molar-refractivity contribution in [1.29, 1.82) is 0 Å². The van der Waals surface area contributed by atoms with Crippen LogP contribution in [-0.4, -0.2) is 13.1 Å². The molecule has 0 amide bonds. The van der Waals surface area contributed by atoms with Crippen LogP contribution in [0.3, 0.4) is 0 Å². The van der Waals surface area contributed by atoms with E-state index in [0.29, 0.717) is 30.4 Å². The molecule has 0 aliphatic carbocycles. The summed E-state index contributed by atoms with van der Waals surface area (Å²) in [6, 6.07) is 0.973. The number of esters is 1. The summed E-state index contributed by atoms with van der Waals surface area (Å²) in [5.41, 5.74) is -3.28. The quantitative estimate of drug-likeness (QED) is 0.470. The van der Waals surface area contributed by atoms with E-state index in [-0.39, 0.29) is 0 Å². The van der Waals surface area contributed by atoms with Crippen LogP contribution in [0.1, 0.15) is 16.7 Å². The summed E-state index contributed by atoms with van der Waals surface area (Å²) in [6.07, 6.45) is -8.37. The van der Waals surface area contributed by atoms with Crippen molar-refractivity contribution in [2.75, 3.05) is 7.11 Å². The fourth-order valence-electron chi connectivity index (χ4n) is 1.36. The van der Waals surface area contributed by atoms with Gasteiger partial charge in [0.25, 0.3) is 0 Å². The maximum Gasteiger partial charge on any atom is 0.416 e. The van der Waals surface area contributed by atoms with Gasteiger partial charge in [-0.3, -0.25) is 0 Å². The van der Waals surface area contributed by atoms with Gasteiger partial charge in [0.2, 0.25) is 0 Å². The van der Waals surface area contributed by atoms with Crippen LogP contribution in [0.5, 0.6) is 0 Å². The fourth-order valence-corrected chi connectivity index (χ4v) is 1.36. The van der Waals surface area contributed by atoms with Crippen LogP contribution in [0.4, 0.5) is 26.3 Å². The van der Waals surface area contributed by atoms with Gasteiger partial charge in [0.1, 0.15) is 0 Å². The van der Waals surface area contributed by atoms with Crippen molar-refractivity contribution in [3.05, 3.63) is 41.0 Å². The molecule has 0 unspecified atom stereocenters. The molecule has 0 aromatic heterocycles. The Balaban J connectivity index is 3.34. The molecule has 1 rings (SSSR count). The zero-order chi connectivity index (χ0) is 15.6. The average Bonchev–Trinajstić information content (AvgIpc) is 2.33. The van der Waals surface area contributed by atoms with E-state index in [0.717, 1.165) is 7.11 Å². The summed E-state index contributed by atoms with van der Waals surface area (Å²) >= 11 is 0. The SMILES string of the molecule is COC(=O)C=Cc1cc(C(F)(F)F)ccc1C(F)(F)F. The number of ether oxygens (including phenoxy) is 1. The first-order chi connectivity index (χ1) is 9.05. The molecular formula is C12H8F6O2. The average molecular weight is 298 g/mol. The molecular weight excluding hydrogens is 290 g/mol. The van der Waals surface area contributed by atoms with Crippen LogP contribution in [-0.2, 0) is 21.9 Å². The number of hydrogen-bond donors (Lipinski definition) is 0. The number of benzene rings is 1. The van der Waals surface area contributed by atoms with Crippen molar-refractivity contribution in [1.82, 2.24) is 0 Å². The predicted molar refractivity (Wildman–Crippen MR) is 57.5 cm³/mol. The minimum atomic E-state index is -4.83. The van der Waals surface area contributed by atoms with Crippen molar-refractivity contribution in [3.63, 3.8) is 0 Å². The first-order valence-electron chi connectivity index (χ1n) is 5.10. The standard InChI is InChI=1S/C12H8F6O2/c1-20-10(19)5-2-7-6-8(11(13,14)15)3-4-9(7)12(16,17)18/h2-6H,1H3. The number of carbonyl (C=O) groups is 1. The molecule has 0 aliphatic rings. The van der Waals surface area contributed by atoms with Crippen molar-refractivity contribution < 1.29 is 35.9 Å². The molecule has 20 heavy (non-hydrogen) atoms. The maximum atomic E-state index is 12.7. The van der Waals surface area contributed by atoms with E-state index in [9.17, 15) is 31.1 Å². The molecule has 1 aromatic carbocycles. The monoisotopic (exact) mass is 298 g/mol. The van der Waals surface area contributed by atoms with E-state index in [4.69, 9.17) is 0 Å². The van der Waals surface area contributed by atoms with Crippen LogP contribution >= 0.6 is 0 Å². The highest BCUT2D eigenvalue weighted by molar-refractivity contribution is 5.87. The Morgan fingerprint density at radius 1 is 1.10 bits per heavy atom. The lowest BCUT2D eigenvalue weighted by molar-refractivity contribution is -0.141. The molecule has 0 atom stereocenters. The van der Waals surface area contributed by atoms with Gasteiger partial charge < -0.3 is 4.74 Å². The second-order valence-corrected chi connectivity index (χ2v) is 3.65. The normalized spacial score (nSPS) is 12.8. The lowest BCUT2D eigenvalue weighted by Gasteiger charge is -2.13. The maximum absolute atomic E-state index is 12.7. The van der Waals surface area contributed by atoms with Crippen molar-refractivity contribution >= 4 is 12.0 Å². The molecule has 0 spiro atoms. The molecule has 110 valence electrons. The van der Waals surface area contributed by atoms with E-state index < -0.39 is 35.0 Å². The summed E-state index contributed by atoms with van der Waals surface area (Å²) < 4.78 is 79.5. The third-order valence-electron chi connectivity index (χ3n) is 2.28. The molecule has 0 saturated heterocycles. The second kappa shape index (κ2) is 5.56. The topological polar surface area (TPSA) is 26.3 Å². The van der Waals surface area contributed by atoms with Crippen LogP contribution in [0, 0.1) is 0 Å². The van der Waals surface area contributed by atoms with Crippen LogP contribution < -0.4 is 0 Å². The minimum Gasteiger partial charge on any atom is -0.466 e. The van der Waals surface area contributed by atoms with Gasteiger partial charge in [-0.15, -0.1) is 0 Å².